The molecule has 1 aromatic carbocycles. The molecule has 0 saturated carbocycles. The quantitative estimate of drug-likeness (QED) is 0.623. The van der Waals surface area contributed by atoms with Gasteiger partial charge in [-0.25, -0.2) is 0 Å². The Morgan fingerprint density at radius 2 is 2.06 bits per heavy atom. The van der Waals surface area contributed by atoms with Crippen LogP contribution in [-0.4, -0.2) is 24.0 Å². The number of aryl methyl sites for hydroxylation is 1. The highest BCUT2D eigenvalue weighted by Gasteiger charge is 2.16. The zero-order valence-corrected chi connectivity index (χ0v) is 9.60. The van der Waals surface area contributed by atoms with Crippen LogP contribution in [0.2, 0.25) is 0 Å². The summed E-state index contributed by atoms with van der Waals surface area (Å²) < 4.78 is 5.49. The van der Waals surface area contributed by atoms with E-state index >= 15 is 0 Å². The molecule has 0 amide bonds. The van der Waals surface area contributed by atoms with Gasteiger partial charge in [-0.15, -0.1) is 0 Å². The van der Waals surface area contributed by atoms with Crippen LogP contribution in [0.4, 0.5) is 0 Å². The molecule has 0 aliphatic heterocycles. The van der Waals surface area contributed by atoms with Gasteiger partial charge in [0.2, 0.25) is 0 Å². The van der Waals surface area contributed by atoms with Crippen LogP contribution in [0.15, 0.2) is 24.3 Å². The lowest BCUT2D eigenvalue weighted by Gasteiger charge is -2.21. The Kier molecular flexibility index (Phi) is 5.25. The maximum absolute atomic E-state index is 9.70. The fourth-order valence-corrected chi connectivity index (χ4v) is 1.41. The molecule has 4 nitrogen and oxygen atoms in total. The summed E-state index contributed by atoms with van der Waals surface area (Å²) in [5.74, 6) is 0.710. The van der Waals surface area contributed by atoms with Gasteiger partial charge >= 0.3 is 0 Å². The zero-order valence-electron chi connectivity index (χ0n) is 9.60. The fraction of sp³-hybridized carbons (Fsp3) is 0.500. The summed E-state index contributed by atoms with van der Waals surface area (Å²) in [7, 11) is 0. The van der Waals surface area contributed by atoms with E-state index in [0.29, 0.717) is 18.7 Å². The molecule has 0 aliphatic carbocycles. The fourth-order valence-electron chi connectivity index (χ4n) is 1.41. The Hall–Kier alpha value is -1.10. The van der Waals surface area contributed by atoms with Crippen molar-refractivity contribution >= 4 is 0 Å². The lowest BCUT2D eigenvalue weighted by Crippen LogP contribution is -2.40. The third-order valence-electron chi connectivity index (χ3n) is 2.44. The summed E-state index contributed by atoms with van der Waals surface area (Å²) in [6, 6.07) is 7.58. The Balaban J connectivity index is 2.50. The summed E-state index contributed by atoms with van der Waals surface area (Å²) in [4.78, 5) is 0. The van der Waals surface area contributed by atoms with Crippen molar-refractivity contribution < 1.29 is 9.84 Å². The Bertz CT molecular complexity index is 318. The summed E-state index contributed by atoms with van der Waals surface area (Å²) >= 11 is 0. The van der Waals surface area contributed by atoms with Gasteiger partial charge in [-0.1, -0.05) is 18.2 Å². The molecule has 1 rings (SSSR count). The van der Waals surface area contributed by atoms with E-state index < -0.39 is 12.3 Å². The van der Waals surface area contributed by atoms with Crippen molar-refractivity contribution in [3.05, 3.63) is 29.8 Å². The molecule has 16 heavy (non-hydrogen) atoms. The third kappa shape index (κ3) is 3.81. The molecule has 5 N–H and O–H groups in total. The summed E-state index contributed by atoms with van der Waals surface area (Å²) in [6.45, 7) is 2.49. The van der Waals surface area contributed by atoms with Gasteiger partial charge in [-0.2, -0.15) is 0 Å². The standard InChI is InChI=1S/C12H20N2O2/c1-9-5-2-3-7-11(9)16-12(14)10(15)6-4-8-13/h2-3,5,7,10,12,15H,4,6,8,13-14H2,1H3. The van der Waals surface area contributed by atoms with Gasteiger partial charge in [-0.3, -0.25) is 5.73 Å². The first-order valence-electron chi connectivity index (χ1n) is 5.51. The van der Waals surface area contributed by atoms with Crippen LogP contribution in [-0.2, 0) is 0 Å². The predicted molar refractivity (Wildman–Crippen MR) is 64.1 cm³/mol. The number of rotatable bonds is 6. The number of nitrogens with two attached hydrogens (primary N) is 2. The maximum atomic E-state index is 9.70. The molecule has 0 bridgehead atoms. The molecule has 0 aromatic heterocycles. The first-order valence-corrected chi connectivity index (χ1v) is 5.51. The van der Waals surface area contributed by atoms with E-state index in [1.54, 1.807) is 0 Å². The van der Waals surface area contributed by atoms with Crippen molar-refractivity contribution in [2.45, 2.75) is 32.1 Å². The third-order valence-corrected chi connectivity index (χ3v) is 2.44. The second-order valence-electron chi connectivity index (χ2n) is 3.85. The predicted octanol–water partition coefficient (Wildman–Crippen LogP) is 0.758. The largest absolute Gasteiger partial charge is 0.473 e. The van der Waals surface area contributed by atoms with E-state index in [9.17, 15) is 5.11 Å². The number of aliphatic hydroxyl groups is 1. The molecule has 1 aromatic rings. The van der Waals surface area contributed by atoms with Gasteiger partial charge in [0.15, 0.2) is 6.23 Å². The van der Waals surface area contributed by atoms with Crippen molar-refractivity contribution in [1.29, 1.82) is 0 Å². The first-order chi connectivity index (χ1) is 7.65. The lowest BCUT2D eigenvalue weighted by atomic mass is 10.1. The molecule has 0 heterocycles. The maximum Gasteiger partial charge on any atom is 0.173 e. The molecule has 2 unspecified atom stereocenters. The van der Waals surface area contributed by atoms with Crippen LogP contribution in [0.5, 0.6) is 5.75 Å². The molecule has 2 atom stereocenters. The summed E-state index contributed by atoms with van der Waals surface area (Å²) in [6.07, 6.45) is -0.0777. The van der Waals surface area contributed by atoms with Crippen molar-refractivity contribution in [2.75, 3.05) is 6.54 Å². The van der Waals surface area contributed by atoms with Crippen molar-refractivity contribution in [3.63, 3.8) is 0 Å². The van der Waals surface area contributed by atoms with E-state index in [0.717, 1.165) is 12.0 Å². The van der Waals surface area contributed by atoms with Gasteiger partial charge in [-0.05, 0) is 37.9 Å². The van der Waals surface area contributed by atoms with Crippen LogP contribution >= 0.6 is 0 Å². The number of hydrogen-bond acceptors (Lipinski definition) is 4. The SMILES string of the molecule is Cc1ccccc1OC(N)C(O)CCCN. The van der Waals surface area contributed by atoms with Gasteiger partial charge in [0.25, 0.3) is 0 Å². The number of hydrogen-bond donors (Lipinski definition) is 3. The Labute approximate surface area is 96.2 Å². The topological polar surface area (TPSA) is 81.5 Å². The zero-order chi connectivity index (χ0) is 12.0. The molecule has 0 fully saturated rings. The highest BCUT2D eigenvalue weighted by molar-refractivity contribution is 5.31. The minimum atomic E-state index is -0.701. The van der Waals surface area contributed by atoms with E-state index in [1.807, 2.05) is 31.2 Å². The summed E-state index contributed by atoms with van der Waals surface area (Å²) in [5.41, 5.74) is 12.1. The molecule has 4 heteroatoms. The van der Waals surface area contributed by atoms with Crippen molar-refractivity contribution in [1.82, 2.24) is 0 Å². The van der Waals surface area contributed by atoms with E-state index in [1.165, 1.54) is 0 Å². The molecule has 0 saturated heterocycles. The van der Waals surface area contributed by atoms with E-state index in [4.69, 9.17) is 16.2 Å². The average molecular weight is 224 g/mol. The Morgan fingerprint density at radius 1 is 1.38 bits per heavy atom. The molecule has 0 aliphatic rings. The highest BCUT2D eigenvalue weighted by Crippen LogP contribution is 2.18. The number of ether oxygens (including phenoxy) is 1. The molecular formula is C12H20N2O2. The minimum absolute atomic E-state index is 0.550. The minimum Gasteiger partial charge on any atom is -0.473 e. The van der Waals surface area contributed by atoms with Gasteiger partial charge in [0.05, 0.1) is 0 Å². The first kappa shape index (κ1) is 13.0. The average Bonchev–Trinajstić information content (AvgIpc) is 2.28. The second kappa shape index (κ2) is 6.48. The second-order valence-corrected chi connectivity index (χ2v) is 3.85. The van der Waals surface area contributed by atoms with Crippen LogP contribution in [0.3, 0.4) is 0 Å². The Morgan fingerprint density at radius 3 is 2.69 bits per heavy atom. The number of aliphatic hydroxyl groups excluding tert-OH is 1. The van der Waals surface area contributed by atoms with E-state index in [-0.39, 0.29) is 0 Å². The van der Waals surface area contributed by atoms with Crippen molar-refractivity contribution in [3.8, 4) is 5.75 Å². The van der Waals surface area contributed by atoms with Crippen LogP contribution < -0.4 is 16.2 Å². The highest BCUT2D eigenvalue weighted by atomic mass is 16.5. The van der Waals surface area contributed by atoms with Crippen molar-refractivity contribution in [2.24, 2.45) is 11.5 Å². The van der Waals surface area contributed by atoms with Gasteiger partial charge in [0.1, 0.15) is 11.9 Å². The molecule has 90 valence electrons. The molecule has 0 spiro atoms. The lowest BCUT2D eigenvalue weighted by molar-refractivity contribution is 0.0335. The monoisotopic (exact) mass is 224 g/mol. The van der Waals surface area contributed by atoms with Crippen LogP contribution in [0.25, 0.3) is 0 Å². The van der Waals surface area contributed by atoms with Crippen LogP contribution in [0, 0.1) is 6.92 Å². The van der Waals surface area contributed by atoms with E-state index in [2.05, 4.69) is 0 Å². The number of para-hydroxylation sites is 1. The molecular weight excluding hydrogens is 204 g/mol. The normalized spacial score (nSPS) is 14.5. The number of benzene rings is 1. The van der Waals surface area contributed by atoms with Crippen LogP contribution in [0.1, 0.15) is 18.4 Å². The van der Waals surface area contributed by atoms with Gasteiger partial charge in [0, 0.05) is 0 Å². The molecule has 0 radical (unpaired) electrons. The summed E-state index contributed by atoms with van der Waals surface area (Å²) in [5, 5.41) is 9.70. The smallest absolute Gasteiger partial charge is 0.173 e. The van der Waals surface area contributed by atoms with Gasteiger partial charge < -0.3 is 15.6 Å².